The molecule has 0 spiro atoms. The second-order valence-corrected chi connectivity index (χ2v) is 6.40. The number of hydrogen-bond donors (Lipinski definition) is 0. The van der Waals surface area contributed by atoms with Crippen LogP contribution < -0.4 is 0 Å². The van der Waals surface area contributed by atoms with Crippen molar-refractivity contribution in [2.45, 2.75) is 51.5 Å². The Balaban J connectivity index is 1.95. The maximum absolute atomic E-state index is 11.6. The normalized spacial score (nSPS) is 24.9. The molecule has 2 fully saturated rings. The molecule has 5 nitrogen and oxygen atoms in total. The highest BCUT2D eigenvalue weighted by Gasteiger charge is 2.31. The first-order valence-electron chi connectivity index (χ1n) is 8.16. The van der Waals surface area contributed by atoms with Crippen LogP contribution in [0.3, 0.4) is 0 Å². The fraction of sp³-hybridized carbons (Fsp3) is 0.875. The smallest absolute Gasteiger partial charge is 0.307 e. The summed E-state index contributed by atoms with van der Waals surface area (Å²) in [4.78, 5) is 27.5. The molecule has 1 saturated carbocycles. The number of esters is 1. The Morgan fingerprint density at radius 1 is 1.14 bits per heavy atom. The van der Waals surface area contributed by atoms with Gasteiger partial charge in [-0.3, -0.25) is 14.5 Å². The van der Waals surface area contributed by atoms with Gasteiger partial charge >= 0.3 is 5.97 Å². The van der Waals surface area contributed by atoms with Crippen molar-refractivity contribution in [2.24, 2.45) is 5.92 Å². The van der Waals surface area contributed by atoms with Crippen LogP contribution in [0.25, 0.3) is 0 Å². The minimum atomic E-state index is -0.181. The van der Waals surface area contributed by atoms with E-state index in [4.69, 9.17) is 4.74 Å². The van der Waals surface area contributed by atoms with Crippen LogP contribution in [-0.4, -0.2) is 61.0 Å². The minimum absolute atomic E-state index is 0.0992. The number of ether oxygens (including phenoxy) is 1. The molecule has 0 aromatic carbocycles. The zero-order valence-electron chi connectivity index (χ0n) is 13.3. The Hall–Kier alpha value is -1.10. The number of rotatable bonds is 4. The van der Waals surface area contributed by atoms with Gasteiger partial charge in [-0.25, -0.2) is 0 Å². The van der Waals surface area contributed by atoms with Crippen LogP contribution >= 0.6 is 0 Å². The molecule has 2 rings (SSSR count). The lowest BCUT2D eigenvalue weighted by molar-refractivity contribution is -0.144. The van der Waals surface area contributed by atoms with Crippen molar-refractivity contribution in [3.05, 3.63) is 0 Å². The molecule has 1 aliphatic heterocycles. The van der Waals surface area contributed by atoms with Gasteiger partial charge in [-0.05, 0) is 18.8 Å². The van der Waals surface area contributed by atoms with Crippen molar-refractivity contribution in [2.75, 3.05) is 33.3 Å². The fourth-order valence-electron chi connectivity index (χ4n) is 3.59. The SMILES string of the molecule is COC(=O)CC1CN(C(C)=O)CCN1CC1CCCCC1. The number of methoxy groups -OCH3 is 1. The van der Waals surface area contributed by atoms with Crippen LogP contribution in [-0.2, 0) is 14.3 Å². The molecule has 1 amide bonds. The van der Waals surface area contributed by atoms with E-state index >= 15 is 0 Å². The van der Waals surface area contributed by atoms with E-state index in [-0.39, 0.29) is 17.9 Å². The molecule has 0 aromatic heterocycles. The number of nitrogens with zero attached hydrogens (tertiary/aromatic N) is 2. The molecule has 1 atom stereocenters. The Kier molecular flexibility index (Phi) is 6.03. The Morgan fingerprint density at radius 3 is 2.48 bits per heavy atom. The fourth-order valence-corrected chi connectivity index (χ4v) is 3.59. The number of carbonyl (C=O) groups excluding carboxylic acids is 2. The second kappa shape index (κ2) is 7.78. The van der Waals surface area contributed by atoms with Crippen molar-refractivity contribution in [1.29, 1.82) is 0 Å². The highest BCUT2D eigenvalue weighted by atomic mass is 16.5. The highest BCUT2D eigenvalue weighted by Crippen LogP contribution is 2.26. The van der Waals surface area contributed by atoms with Crippen molar-refractivity contribution in [3.63, 3.8) is 0 Å². The van der Waals surface area contributed by atoms with Crippen molar-refractivity contribution in [1.82, 2.24) is 9.80 Å². The lowest BCUT2D eigenvalue weighted by atomic mass is 9.88. The van der Waals surface area contributed by atoms with Gasteiger partial charge in [-0.15, -0.1) is 0 Å². The number of carbonyl (C=O) groups is 2. The highest BCUT2D eigenvalue weighted by molar-refractivity contribution is 5.74. The van der Waals surface area contributed by atoms with Gasteiger partial charge in [0.25, 0.3) is 0 Å². The van der Waals surface area contributed by atoms with E-state index in [0.717, 1.165) is 25.6 Å². The molecule has 5 heteroatoms. The molecule has 1 unspecified atom stereocenters. The maximum atomic E-state index is 11.6. The zero-order chi connectivity index (χ0) is 15.2. The number of amides is 1. The molecule has 0 bridgehead atoms. The van der Waals surface area contributed by atoms with E-state index in [9.17, 15) is 9.59 Å². The van der Waals surface area contributed by atoms with Crippen LogP contribution in [0, 0.1) is 5.92 Å². The number of piperazine rings is 1. The third-order valence-corrected chi connectivity index (χ3v) is 4.90. The largest absolute Gasteiger partial charge is 0.469 e. The summed E-state index contributed by atoms with van der Waals surface area (Å²) in [5, 5.41) is 0. The summed E-state index contributed by atoms with van der Waals surface area (Å²) in [7, 11) is 1.43. The molecule has 21 heavy (non-hydrogen) atoms. The summed E-state index contributed by atoms with van der Waals surface area (Å²) in [6, 6.07) is 0.108. The summed E-state index contributed by atoms with van der Waals surface area (Å²) in [5.41, 5.74) is 0. The molecule has 0 aromatic rings. The Morgan fingerprint density at radius 2 is 1.86 bits per heavy atom. The molecule has 1 aliphatic carbocycles. The summed E-state index contributed by atoms with van der Waals surface area (Å²) in [6.45, 7) is 4.97. The van der Waals surface area contributed by atoms with Gasteiger partial charge in [-0.1, -0.05) is 19.3 Å². The van der Waals surface area contributed by atoms with E-state index in [1.165, 1.54) is 39.2 Å². The van der Waals surface area contributed by atoms with Gasteiger partial charge in [0, 0.05) is 39.1 Å². The van der Waals surface area contributed by atoms with E-state index in [0.29, 0.717) is 13.0 Å². The predicted octanol–water partition coefficient (Wildman–Crippen LogP) is 1.66. The second-order valence-electron chi connectivity index (χ2n) is 6.40. The van der Waals surface area contributed by atoms with E-state index in [1.807, 2.05) is 4.90 Å². The summed E-state index contributed by atoms with van der Waals surface area (Å²) in [5.74, 6) is 0.670. The van der Waals surface area contributed by atoms with Gasteiger partial charge in [0.2, 0.25) is 5.91 Å². The topological polar surface area (TPSA) is 49.9 Å². The molecule has 0 radical (unpaired) electrons. The van der Waals surface area contributed by atoms with Crippen LogP contribution in [0.2, 0.25) is 0 Å². The molecular weight excluding hydrogens is 268 g/mol. The van der Waals surface area contributed by atoms with Gasteiger partial charge < -0.3 is 9.64 Å². The average molecular weight is 296 g/mol. The lowest BCUT2D eigenvalue weighted by Crippen LogP contribution is -2.56. The third kappa shape index (κ3) is 4.70. The van der Waals surface area contributed by atoms with Crippen molar-refractivity contribution >= 4 is 11.9 Å². The van der Waals surface area contributed by atoms with E-state index in [2.05, 4.69) is 4.90 Å². The lowest BCUT2D eigenvalue weighted by Gasteiger charge is -2.42. The number of hydrogen-bond acceptors (Lipinski definition) is 4. The standard InChI is InChI=1S/C16H28N2O3/c1-13(19)17-8-9-18(11-14-6-4-3-5-7-14)15(12-17)10-16(20)21-2/h14-15H,3-12H2,1-2H3. The van der Waals surface area contributed by atoms with Crippen LogP contribution in [0.4, 0.5) is 0 Å². The molecule has 0 N–H and O–H groups in total. The Bertz CT molecular complexity index is 367. The van der Waals surface area contributed by atoms with Crippen LogP contribution in [0.1, 0.15) is 45.4 Å². The first-order chi connectivity index (χ1) is 10.1. The molecule has 1 saturated heterocycles. The van der Waals surface area contributed by atoms with Gasteiger partial charge in [-0.2, -0.15) is 0 Å². The van der Waals surface area contributed by atoms with Crippen molar-refractivity contribution in [3.8, 4) is 0 Å². The molecule has 1 heterocycles. The quantitative estimate of drug-likeness (QED) is 0.740. The molecule has 2 aliphatic rings. The van der Waals surface area contributed by atoms with Gasteiger partial charge in [0.1, 0.15) is 0 Å². The first-order valence-corrected chi connectivity index (χ1v) is 8.16. The monoisotopic (exact) mass is 296 g/mol. The molecular formula is C16H28N2O3. The van der Waals surface area contributed by atoms with E-state index in [1.54, 1.807) is 6.92 Å². The van der Waals surface area contributed by atoms with Crippen molar-refractivity contribution < 1.29 is 14.3 Å². The Labute approximate surface area is 127 Å². The zero-order valence-corrected chi connectivity index (χ0v) is 13.3. The summed E-state index contributed by atoms with van der Waals surface area (Å²) < 4.78 is 4.82. The predicted molar refractivity (Wildman–Crippen MR) is 80.8 cm³/mol. The summed E-state index contributed by atoms with van der Waals surface area (Å²) in [6.07, 6.45) is 7.02. The van der Waals surface area contributed by atoms with Crippen LogP contribution in [0.15, 0.2) is 0 Å². The third-order valence-electron chi connectivity index (χ3n) is 4.90. The maximum Gasteiger partial charge on any atom is 0.307 e. The van der Waals surface area contributed by atoms with Crippen LogP contribution in [0.5, 0.6) is 0 Å². The minimum Gasteiger partial charge on any atom is -0.469 e. The summed E-state index contributed by atoms with van der Waals surface area (Å²) >= 11 is 0. The van der Waals surface area contributed by atoms with Gasteiger partial charge in [0.15, 0.2) is 0 Å². The van der Waals surface area contributed by atoms with Gasteiger partial charge in [0.05, 0.1) is 13.5 Å². The van der Waals surface area contributed by atoms with E-state index < -0.39 is 0 Å². The average Bonchev–Trinajstić information content (AvgIpc) is 2.49. The molecule has 120 valence electrons. The first kappa shape index (κ1) is 16.3.